The minimum Gasteiger partial charge on any atom is -0.346 e. The number of aromatic nitrogens is 4. The van der Waals surface area contributed by atoms with Crippen LogP contribution in [0.2, 0.25) is 0 Å². The summed E-state index contributed by atoms with van der Waals surface area (Å²) in [6.45, 7) is 3.73. The molecule has 1 aromatic carbocycles. The fraction of sp³-hybridized carbons (Fsp3) is 0.320. The molecule has 7 heteroatoms. The quantitative estimate of drug-likeness (QED) is 0.491. The van der Waals surface area contributed by atoms with E-state index >= 15 is 0 Å². The molecule has 4 heterocycles. The van der Waals surface area contributed by atoms with Crippen molar-refractivity contribution in [1.29, 1.82) is 0 Å². The number of aromatic amines is 1. The molecule has 1 saturated heterocycles. The maximum Gasteiger partial charge on any atom is 0.223 e. The second-order valence-electron chi connectivity index (χ2n) is 8.68. The fourth-order valence-corrected chi connectivity index (χ4v) is 4.77. The highest BCUT2D eigenvalue weighted by Gasteiger charge is 2.32. The number of hydrogen-bond donors (Lipinski definition) is 1. The predicted octanol–water partition coefficient (Wildman–Crippen LogP) is 4.44. The van der Waals surface area contributed by atoms with Crippen molar-refractivity contribution in [2.75, 3.05) is 6.54 Å². The summed E-state index contributed by atoms with van der Waals surface area (Å²) in [4.78, 5) is 19.6. The van der Waals surface area contributed by atoms with E-state index in [-0.39, 0.29) is 17.8 Å². The number of nitrogens with one attached hydrogen (secondary N) is 1. The van der Waals surface area contributed by atoms with E-state index < -0.39 is 0 Å². The Kier molecular flexibility index (Phi) is 5.47. The van der Waals surface area contributed by atoms with Crippen LogP contribution >= 0.6 is 0 Å². The highest BCUT2D eigenvalue weighted by molar-refractivity contribution is 5.79. The summed E-state index contributed by atoms with van der Waals surface area (Å²) in [7, 11) is 0. The molecule has 164 valence electrons. The SMILES string of the molecule is C[C@@H]1C[C@H](Cn2ccc3nc(-c4cn[nH]c4)ccc32)CN1C(=O)CCc1cccc(F)c1. The van der Waals surface area contributed by atoms with Crippen LogP contribution in [0.5, 0.6) is 0 Å². The Balaban J connectivity index is 1.23. The molecule has 5 rings (SSSR count). The van der Waals surface area contributed by atoms with Gasteiger partial charge in [0, 0.05) is 43.5 Å². The molecule has 0 unspecified atom stereocenters. The van der Waals surface area contributed by atoms with Gasteiger partial charge in [0.15, 0.2) is 0 Å². The molecule has 1 aliphatic heterocycles. The molecule has 32 heavy (non-hydrogen) atoms. The van der Waals surface area contributed by atoms with Gasteiger partial charge in [-0.3, -0.25) is 9.89 Å². The summed E-state index contributed by atoms with van der Waals surface area (Å²) < 4.78 is 15.6. The first-order valence-corrected chi connectivity index (χ1v) is 11.1. The first kappa shape index (κ1) is 20.4. The average Bonchev–Trinajstić information content (AvgIpc) is 3.53. The molecule has 0 radical (unpaired) electrons. The topological polar surface area (TPSA) is 66.8 Å². The number of amides is 1. The van der Waals surface area contributed by atoms with Gasteiger partial charge in [-0.05, 0) is 61.6 Å². The van der Waals surface area contributed by atoms with E-state index in [4.69, 9.17) is 4.98 Å². The standard InChI is InChI=1S/C25H26FN5O/c1-17-11-19(16-31(17)25(32)8-5-18-3-2-4-21(26)12-18)15-30-10-9-23-24(30)7-6-22(29-23)20-13-27-28-14-20/h2-4,6-7,9-10,12-14,17,19H,5,8,11,15-16H2,1H3,(H,27,28)/t17-,19-/m1/s1. The summed E-state index contributed by atoms with van der Waals surface area (Å²) in [6, 6.07) is 12.9. The van der Waals surface area contributed by atoms with Crippen LogP contribution in [0.25, 0.3) is 22.3 Å². The van der Waals surface area contributed by atoms with Crippen molar-refractivity contribution in [1.82, 2.24) is 24.6 Å². The number of aryl methyl sites for hydroxylation is 1. The van der Waals surface area contributed by atoms with Crippen molar-refractivity contribution in [2.24, 2.45) is 5.92 Å². The van der Waals surface area contributed by atoms with Crippen LogP contribution in [0.1, 0.15) is 25.3 Å². The normalized spacial score (nSPS) is 18.5. The zero-order chi connectivity index (χ0) is 22.1. The summed E-state index contributed by atoms with van der Waals surface area (Å²) >= 11 is 0. The van der Waals surface area contributed by atoms with Crippen LogP contribution in [-0.4, -0.2) is 43.1 Å². The number of rotatable bonds is 6. The lowest BCUT2D eigenvalue weighted by Crippen LogP contribution is -2.34. The first-order chi connectivity index (χ1) is 15.6. The van der Waals surface area contributed by atoms with Gasteiger partial charge in [-0.1, -0.05) is 12.1 Å². The van der Waals surface area contributed by atoms with Gasteiger partial charge >= 0.3 is 0 Å². The molecular formula is C25H26FN5O. The molecule has 0 aliphatic carbocycles. The first-order valence-electron chi connectivity index (χ1n) is 11.1. The molecule has 6 nitrogen and oxygen atoms in total. The minimum atomic E-state index is -0.255. The van der Waals surface area contributed by atoms with E-state index in [1.165, 1.54) is 12.1 Å². The molecule has 1 N–H and O–H groups in total. The van der Waals surface area contributed by atoms with E-state index in [2.05, 4.69) is 34.0 Å². The zero-order valence-corrected chi connectivity index (χ0v) is 18.0. The Hall–Kier alpha value is -3.48. The van der Waals surface area contributed by atoms with Crippen LogP contribution < -0.4 is 0 Å². The number of nitrogens with zero attached hydrogens (tertiary/aromatic N) is 4. The molecule has 0 bridgehead atoms. The van der Waals surface area contributed by atoms with Gasteiger partial charge in [-0.15, -0.1) is 0 Å². The number of hydrogen-bond acceptors (Lipinski definition) is 3. The number of benzene rings is 1. The number of fused-ring (bicyclic) bond motifs is 1. The van der Waals surface area contributed by atoms with E-state index in [1.54, 1.807) is 12.3 Å². The van der Waals surface area contributed by atoms with Crippen molar-refractivity contribution in [2.45, 2.75) is 38.8 Å². The zero-order valence-electron chi connectivity index (χ0n) is 18.0. The smallest absolute Gasteiger partial charge is 0.223 e. The summed E-state index contributed by atoms with van der Waals surface area (Å²) in [5.41, 5.74) is 4.78. The van der Waals surface area contributed by atoms with Gasteiger partial charge in [0.1, 0.15) is 5.82 Å². The fourth-order valence-electron chi connectivity index (χ4n) is 4.77. The number of halogens is 1. The minimum absolute atomic E-state index is 0.146. The van der Waals surface area contributed by atoms with Crippen molar-refractivity contribution < 1.29 is 9.18 Å². The van der Waals surface area contributed by atoms with E-state index in [9.17, 15) is 9.18 Å². The van der Waals surface area contributed by atoms with Crippen LogP contribution in [0.4, 0.5) is 4.39 Å². The number of H-pyrrole nitrogens is 1. The van der Waals surface area contributed by atoms with Crippen molar-refractivity contribution in [3.05, 3.63) is 72.4 Å². The summed E-state index contributed by atoms with van der Waals surface area (Å²) in [6.07, 6.45) is 7.64. The molecule has 0 spiro atoms. The van der Waals surface area contributed by atoms with Crippen molar-refractivity contribution in [3.8, 4) is 11.3 Å². The molecule has 1 fully saturated rings. The maximum absolute atomic E-state index is 13.4. The second kappa shape index (κ2) is 8.57. The summed E-state index contributed by atoms with van der Waals surface area (Å²) in [5, 5.41) is 6.82. The molecular weight excluding hydrogens is 405 g/mol. The van der Waals surface area contributed by atoms with E-state index in [0.717, 1.165) is 47.4 Å². The van der Waals surface area contributed by atoms with Gasteiger partial charge < -0.3 is 9.47 Å². The average molecular weight is 432 g/mol. The Labute approximate surface area is 186 Å². The van der Waals surface area contributed by atoms with Crippen LogP contribution in [0.15, 0.2) is 61.1 Å². The Morgan fingerprint density at radius 2 is 2.16 bits per heavy atom. The van der Waals surface area contributed by atoms with Crippen LogP contribution in [0.3, 0.4) is 0 Å². The number of likely N-dealkylation sites (tertiary alicyclic amines) is 1. The van der Waals surface area contributed by atoms with Gasteiger partial charge in [0.2, 0.25) is 5.91 Å². The summed E-state index contributed by atoms with van der Waals surface area (Å²) in [5.74, 6) is 0.287. The lowest BCUT2D eigenvalue weighted by Gasteiger charge is -2.21. The molecule has 1 aliphatic rings. The van der Waals surface area contributed by atoms with E-state index in [1.807, 2.05) is 29.3 Å². The van der Waals surface area contributed by atoms with Crippen LogP contribution in [0, 0.1) is 11.7 Å². The number of pyridine rings is 1. The third kappa shape index (κ3) is 4.15. The molecule has 4 aromatic rings. The predicted molar refractivity (Wildman–Crippen MR) is 121 cm³/mol. The van der Waals surface area contributed by atoms with Gasteiger partial charge in [0.05, 0.1) is 22.9 Å². The third-order valence-corrected chi connectivity index (χ3v) is 6.37. The van der Waals surface area contributed by atoms with Crippen molar-refractivity contribution >= 4 is 16.9 Å². The van der Waals surface area contributed by atoms with Crippen LogP contribution in [-0.2, 0) is 17.8 Å². The third-order valence-electron chi connectivity index (χ3n) is 6.37. The number of carbonyl (C=O) groups is 1. The lowest BCUT2D eigenvalue weighted by atomic mass is 10.1. The lowest BCUT2D eigenvalue weighted by molar-refractivity contribution is -0.131. The van der Waals surface area contributed by atoms with E-state index in [0.29, 0.717) is 18.8 Å². The van der Waals surface area contributed by atoms with Gasteiger partial charge in [0.25, 0.3) is 0 Å². The Morgan fingerprint density at radius 1 is 1.25 bits per heavy atom. The van der Waals surface area contributed by atoms with Gasteiger partial charge in [-0.25, -0.2) is 9.37 Å². The molecule has 0 saturated carbocycles. The Bertz CT molecular complexity index is 1230. The Morgan fingerprint density at radius 3 is 2.97 bits per heavy atom. The largest absolute Gasteiger partial charge is 0.346 e. The second-order valence-corrected chi connectivity index (χ2v) is 8.68. The molecule has 2 atom stereocenters. The monoisotopic (exact) mass is 431 g/mol. The highest BCUT2D eigenvalue weighted by atomic mass is 19.1. The highest BCUT2D eigenvalue weighted by Crippen LogP contribution is 2.28. The maximum atomic E-state index is 13.4. The molecule has 3 aromatic heterocycles. The number of carbonyl (C=O) groups excluding carboxylic acids is 1. The van der Waals surface area contributed by atoms with Gasteiger partial charge in [-0.2, -0.15) is 5.10 Å². The molecule has 1 amide bonds. The van der Waals surface area contributed by atoms with Crippen molar-refractivity contribution in [3.63, 3.8) is 0 Å².